The van der Waals surface area contributed by atoms with Gasteiger partial charge >= 0.3 is 0 Å². The van der Waals surface area contributed by atoms with Crippen molar-refractivity contribution in [2.75, 3.05) is 19.0 Å². The molecule has 0 heterocycles. The normalized spacial score (nSPS) is 18.9. The average Bonchev–Trinajstić information content (AvgIpc) is 2.69. The van der Waals surface area contributed by atoms with Crippen LogP contribution in [0.4, 0.5) is 5.69 Å². The minimum atomic E-state index is -3.47. The van der Waals surface area contributed by atoms with Crippen LogP contribution in [-0.2, 0) is 9.09 Å². The van der Waals surface area contributed by atoms with Crippen molar-refractivity contribution in [1.29, 1.82) is 0 Å². The molecule has 1 fully saturated rings. The van der Waals surface area contributed by atoms with Gasteiger partial charge in [0.05, 0.1) is 6.10 Å². The first-order chi connectivity index (χ1) is 12.5. The molecule has 2 aromatic carbocycles. The molecular weight excluding hydrogens is 345 g/mol. The van der Waals surface area contributed by atoms with E-state index in [-0.39, 0.29) is 6.10 Å². The van der Waals surface area contributed by atoms with Crippen molar-refractivity contribution in [2.45, 2.75) is 44.1 Å². The number of benzene rings is 2. The SMILES string of the molecule is CN(C)c1ccc([P@@](=O)(OC2CCCCC2)[C@@H](O)c2ccccc2)cc1. The van der Waals surface area contributed by atoms with Gasteiger partial charge in [0.1, 0.15) is 0 Å². The largest absolute Gasteiger partial charge is 0.378 e. The number of aliphatic hydroxyl groups excluding tert-OH is 1. The molecule has 4 nitrogen and oxygen atoms in total. The Balaban J connectivity index is 1.96. The lowest BCUT2D eigenvalue weighted by Gasteiger charge is -2.31. The summed E-state index contributed by atoms with van der Waals surface area (Å²) in [4.78, 5) is 1.99. The summed E-state index contributed by atoms with van der Waals surface area (Å²) in [5, 5.41) is 11.6. The van der Waals surface area contributed by atoms with Crippen molar-refractivity contribution in [3.05, 3.63) is 60.2 Å². The Labute approximate surface area is 156 Å². The summed E-state index contributed by atoms with van der Waals surface area (Å²) in [7, 11) is 0.462. The maximum absolute atomic E-state index is 14.0. The highest BCUT2D eigenvalue weighted by atomic mass is 31.2. The second-order valence-corrected chi connectivity index (χ2v) is 9.57. The maximum atomic E-state index is 14.0. The molecule has 0 radical (unpaired) electrons. The summed E-state index contributed by atoms with van der Waals surface area (Å²) in [5.74, 6) is -1.16. The molecule has 1 N–H and O–H groups in total. The molecule has 1 aliphatic carbocycles. The monoisotopic (exact) mass is 373 g/mol. The van der Waals surface area contributed by atoms with E-state index >= 15 is 0 Å². The van der Waals surface area contributed by atoms with Crippen molar-refractivity contribution < 1.29 is 14.2 Å². The molecule has 140 valence electrons. The molecule has 0 amide bonds. The third kappa shape index (κ3) is 4.20. The first kappa shape index (κ1) is 19.2. The molecule has 0 aliphatic heterocycles. The van der Waals surface area contributed by atoms with E-state index in [9.17, 15) is 9.67 Å². The molecule has 3 rings (SSSR count). The van der Waals surface area contributed by atoms with Gasteiger partial charge in [-0.2, -0.15) is 0 Å². The van der Waals surface area contributed by atoms with Gasteiger partial charge < -0.3 is 14.5 Å². The van der Waals surface area contributed by atoms with Crippen LogP contribution in [0, 0.1) is 0 Å². The van der Waals surface area contributed by atoms with Crippen LogP contribution < -0.4 is 10.2 Å². The Morgan fingerprint density at radius 3 is 2.19 bits per heavy atom. The van der Waals surface area contributed by atoms with Crippen molar-refractivity contribution in [3.63, 3.8) is 0 Å². The van der Waals surface area contributed by atoms with E-state index in [0.717, 1.165) is 31.4 Å². The molecule has 26 heavy (non-hydrogen) atoms. The van der Waals surface area contributed by atoms with Crippen LogP contribution in [0.1, 0.15) is 43.5 Å². The van der Waals surface area contributed by atoms with E-state index in [0.29, 0.717) is 10.9 Å². The minimum Gasteiger partial charge on any atom is -0.378 e. The van der Waals surface area contributed by atoms with Gasteiger partial charge in [-0.05, 0) is 42.7 Å². The number of hydrogen-bond donors (Lipinski definition) is 1. The van der Waals surface area contributed by atoms with Gasteiger partial charge in [-0.15, -0.1) is 0 Å². The van der Waals surface area contributed by atoms with E-state index in [1.165, 1.54) is 6.42 Å². The summed E-state index contributed by atoms with van der Waals surface area (Å²) < 4.78 is 20.2. The van der Waals surface area contributed by atoms with Crippen LogP contribution in [0.25, 0.3) is 0 Å². The molecule has 0 spiro atoms. The molecule has 5 heteroatoms. The second kappa shape index (κ2) is 8.39. The van der Waals surface area contributed by atoms with Crippen LogP contribution in [-0.4, -0.2) is 25.3 Å². The van der Waals surface area contributed by atoms with Crippen LogP contribution in [0.2, 0.25) is 0 Å². The van der Waals surface area contributed by atoms with Crippen molar-refractivity contribution >= 4 is 18.4 Å². The van der Waals surface area contributed by atoms with Crippen LogP contribution in [0.3, 0.4) is 0 Å². The van der Waals surface area contributed by atoms with Gasteiger partial charge in [0.25, 0.3) is 7.37 Å². The van der Waals surface area contributed by atoms with E-state index in [1.807, 2.05) is 61.5 Å². The van der Waals surface area contributed by atoms with Crippen molar-refractivity contribution in [2.24, 2.45) is 0 Å². The van der Waals surface area contributed by atoms with Crippen LogP contribution >= 0.6 is 7.37 Å². The quantitative estimate of drug-likeness (QED) is 0.746. The van der Waals surface area contributed by atoms with Gasteiger partial charge in [-0.3, -0.25) is 4.57 Å². The third-order valence-electron chi connectivity index (χ3n) is 5.00. The van der Waals surface area contributed by atoms with Gasteiger partial charge in [-0.1, -0.05) is 49.6 Å². The number of nitrogens with zero attached hydrogens (tertiary/aromatic N) is 1. The summed E-state index contributed by atoms with van der Waals surface area (Å²) >= 11 is 0. The van der Waals surface area contributed by atoms with E-state index in [4.69, 9.17) is 4.52 Å². The third-order valence-corrected chi connectivity index (χ3v) is 7.57. The Hall–Kier alpha value is -1.61. The zero-order valence-corrected chi connectivity index (χ0v) is 16.4. The standard InChI is InChI=1S/C21H28NO3P/c1-22(2)18-13-15-20(16-14-18)26(24,25-19-11-7-4-8-12-19)21(23)17-9-5-3-6-10-17/h3,5-6,9-10,13-16,19,21,23H,4,7-8,11-12H2,1-2H3/t21-,26-/m1/s1. The smallest absolute Gasteiger partial charge is 0.264 e. The number of hydrogen-bond acceptors (Lipinski definition) is 4. The molecule has 0 saturated heterocycles. The molecule has 0 unspecified atom stereocenters. The van der Waals surface area contributed by atoms with Crippen molar-refractivity contribution in [3.8, 4) is 0 Å². The Bertz CT molecular complexity index is 740. The van der Waals surface area contributed by atoms with Gasteiger partial charge in [0.15, 0.2) is 5.85 Å². The highest BCUT2D eigenvalue weighted by Crippen LogP contribution is 2.59. The fourth-order valence-corrected chi connectivity index (χ4v) is 5.73. The molecule has 1 saturated carbocycles. The number of aliphatic hydroxyl groups is 1. The molecule has 0 aromatic heterocycles. The number of anilines is 1. The average molecular weight is 373 g/mol. The first-order valence-electron chi connectivity index (χ1n) is 9.30. The zero-order chi connectivity index (χ0) is 18.6. The summed E-state index contributed by atoms with van der Waals surface area (Å²) in [6, 6.07) is 16.7. The van der Waals surface area contributed by atoms with E-state index < -0.39 is 13.2 Å². The maximum Gasteiger partial charge on any atom is 0.264 e. The first-order valence-corrected chi connectivity index (χ1v) is 11.0. The topological polar surface area (TPSA) is 49.8 Å². The zero-order valence-electron chi connectivity index (χ0n) is 15.5. The summed E-state index contributed by atoms with van der Waals surface area (Å²) in [6.45, 7) is 0. The summed E-state index contributed by atoms with van der Waals surface area (Å²) in [6.07, 6.45) is 5.13. The summed E-state index contributed by atoms with van der Waals surface area (Å²) in [5.41, 5.74) is 1.65. The minimum absolute atomic E-state index is 0.0542. The van der Waals surface area contributed by atoms with E-state index in [2.05, 4.69) is 0 Å². The van der Waals surface area contributed by atoms with Gasteiger partial charge in [0.2, 0.25) is 0 Å². The molecule has 0 bridgehead atoms. The van der Waals surface area contributed by atoms with Crippen LogP contribution in [0.5, 0.6) is 0 Å². The fraction of sp³-hybridized carbons (Fsp3) is 0.429. The highest BCUT2D eigenvalue weighted by molar-refractivity contribution is 7.67. The predicted molar refractivity (Wildman–Crippen MR) is 107 cm³/mol. The molecular formula is C21H28NO3P. The Morgan fingerprint density at radius 1 is 1.00 bits per heavy atom. The molecule has 2 aromatic rings. The lowest BCUT2D eigenvalue weighted by Crippen LogP contribution is -2.22. The van der Waals surface area contributed by atoms with Gasteiger partial charge in [0, 0.05) is 25.1 Å². The van der Waals surface area contributed by atoms with Gasteiger partial charge in [-0.25, -0.2) is 0 Å². The Morgan fingerprint density at radius 2 is 1.62 bits per heavy atom. The fourth-order valence-electron chi connectivity index (χ4n) is 3.43. The van der Waals surface area contributed by atoms with Crippen molar-refractivity contribution in [1.82, 2.24) is 0 Å². The second-order valence-electron chi connectivity index (χ2n) is 7.16. The predicted octanol–water partition coefficient (Wildman–Crippen LogP) is 4.70. The van der Waals surface area contributed by atoms with E-state index in [1.54, 1.807) is 12.1 Å². The lowest BCUT2D eigenvalue weighted by atomic mass is 9.98. The van der Waals surface area contributed by atoms with Crippen LogP contribution in [0.15, 0.2) is 54.6 Å². The lowest BCUT2D eigenvalue weighted by molar-refractivity contribution is 0.137. The molecule has 1 aliphatic rings. The highest BCUT2D eigenvalue weighted by Gasteiger charge is 2.38. The Kier molecular flexibility index (Phi) is 6.18. The number of rotatable bonds is 6. The molecule has 2 atom stereocenters.